The first kappa shape index (κ1) is 9.91. The SMILES string of the molecule is Cc1ccc(F)c(O)c1S(=O)(=O)F. The fraction of sp³-hybridized carbons (Fsp3) is 0.143. The van der Waals surface area contributed by atoms with E-state index in [1.54, 1.807) is 0 Å². The van der Waals surface area contributed by atoms with Gasteiger partial charge in [-0.1, -0.05) is 6.07 Å². The van der Waals surface area contributed by atoms with Gasteiger partial charge in [0.1, 0.15) is 4.90 Å². The first-order valence-corrected chi connectivity index (χ1v) is 4.65. The van der Waals surface area contributed by atoms with Crippen LogP contribution in [-0.4, -0.2) is 13.5 Å². The smallest absolute Gasteiger partial charge is 0.336 e. The molecule has 1 aromatic rings. The standard InChI is InChI=1S/C7H6F2O3S/c1-4-2-3-5(8)6(10)7(4)13(9,11)12/h2-3,10H,1H3. The van der Waals surface area contributed by atoms with Crippen molar-refractivity contribution in [1.82, 2.24) is 0 Å². The highest BCUT2D eigenvalue weighted by Gasteiger charge is 2.22. The van der Waals surface area contributed by atoms with E-state index < -0.39 is 26.7 Å². The average molecular weight is 208 g/mol. The van der Waals surface area contributed by atoms with Gasteiger partial charge in [0.25, 0.3) is 0 Å². The van der Waals surface area contributed by atoms with Gasteiger partial charge < -0.3 is 5.11 Å². The van der Waals surface area contributed by atoms with E-state index in [-0.39, 0.29) is 5.56 Å². The molecule has 1 N–H and O–H groups in total. The lowest BCUT2D eigenvalue weighted by atomic mass is 10.2. The summed E-state index contributed by atoms with van der Waals surface area (Å²) in [6.07, 6.45) is 0. The molecule has 0 bridgehead atoms. The highest BCUT2D eigenvalue weighted by atomic mass is 32.3. The van der Waals surface area contributed by atoms with Gasteiger partial charge in [0, 0.05) is 0 Å². The summed E-state index contributed by atoms with van der Waals surface area (Å²) in [6.45, 7) is 1.26. The second-order valence-electron chi connectivity index (χ2n) is 2.48. The predicted molar refractivity (Wildman–Crippen MR) is 41.1 cm³/mol. The van der Waals surface area contributed by atoms with E-state index in [4.69, 9.17) is 5.11 Å². The Hall–Kier alpha value is -1.17. The predicted octanol–water partition coefficient (Wildman–Crippen LogP) is 1.50. The summed E-state index contributed by atoms with van der Waals surface area (Å²) in [5, 5.41) is 8.92. The number of rotatable bonds is 1. The molecule has 0 saturated heterocycles. The molecule has 0 fully saturated rings. The third-order valence-electron chi connectivity index (χ3n) is 1.52. The molecule has 1 aromatic carbocycles. The van der Waals surface area contributed by atoms with E-state index in [0.717, 1.165) is 12.1 Å². The number of aryl methyl sites for hydroxylation is 1. The monoisotopic (exact) mass is 208 g/mol. The van der Waals surface area contributed by atoms with Crippen molar-refractivity contribution < 1.29 is 21.8 Å². The molecule has 6 heteroatoms. The van der Waals surface area contributed by atoms with Crippen LogP contribution in [0.1, 0.15) is 5.56 Å². The first-order chi connectivity index (χ1) is 5.84. The van der Waals surface area contributed by atoms with Gasteiger partial charge in [-0.2, -0.15) is 8.42 Å². The van der Waals surface area contributed by atoms with E-state index in [2.05, 4.69) is 0 Å². The maximum Gasteiger partial charge on any atom is 0.336 e. The van der Waals surface area contributed by atoms with Crippen LogP contribution in [0.5, 0.6) is 5.75 Å². The highest BCUT2D eigenvalue weighted by Crippen LogP contribution is 2.30. The summed E-state index contributed by atoms with van der Waals surface area (Å²) in [6, 6.07) is 1.93. The average Bonchev–Trinajstić information content (AvgIpc) is 1.95. The number of phenolic OH excluding ortho intramolecular Hbond substituents is 1. The van der Waals surface area contributed by atoms with Gasteiger partial charge in [-0.3, -0.25) is 0 Å². The van der Waals surface area contributed by atoms with Crippen molar-refractivity contribution in [2.75, 3.05) is 0 Å². The van der Waals surface area contributed by atoms with Gasteiger partial charge >= 0.3 is 10.2 Å². The van der Waals surface area contributed by atoms with Crippen molar-refractivity contribution in [1.29, 1.82) is 0 Å². The number of halogens is 2. The number of aromatic hydroxyl groups is 1. The Morgan fingerprint density at radius 3 is 2.31 bits per heavy atom. The van der Waals surface area contributed by atoms with Crippen molar-refractivity contribution in [2.45, 2.75) is 11.8 Å². The van der Waals surface area contributed by atoms with Gasteiger partial charge in [-0.05, 0) is 18.6 Å². The van der Waals surface area contributed by atoms with Crippen LogP contribution in [0.4, 0.5) is 8.28 Å². The number of phenols is 1. The van der Waals surface area contributed by atoms with Gasteiger partial charge in [0.15, 0.2) is 11.6 Å². The topological polar surface area (TPSA) is 54.4 Å². The molecule has 0 heterocycles. The molecular formula is C7H6F2O3S. The third kappa shape index (κ3) is 1.77. The molecule has 0 unspecified atom stereocenters. The summed E-state index contributed by atoms with van der Waals surface area (Å²) in [4.78, 5) is -1.01. The summed E-state index contributed by atoms with van der Waals surface area (Å²) in [5.41, 5.74) is -0.0404. The number of benzene rings is 1. The third-order valence-corrected chi connectivity index (χ3v) is 2.53. The van der Waals surface area contributed by atoms with Crippen molar-refractivity contribution >= 4 is 10.2 Å². The van der Waals surface area contributed by atoms with Gasteiger partial charge in [0.2, 0.25) is 0 Å². The molecule has 3 nitrogen and oxygen atoms in total. The molecule has 0 atom stereocenters. The van der Waals surface area contributed by atoms with E-state index in [1.807, 2.05) is 0 Å². The van der Waals surface area contributed by atoms with Gasteiger partial charge in [-0.25, -0.2) is 4.39 Å². The van der Waals surface area contributed by atoms with E-state index in [0.29, 0.717) is 0 Å². The molecule has 0 aromatic heterocycles. The van der Waals surface area contributed by atoms with Crippen LogP contribution in [0.3, 0.4) is 0 Å². The van der Waals surface area contributed by atoms with Gasteiger partial charge in [-0.15, -0.1) is 3.89 Å². The largest absolute Gasteiger partial charge is 0.504 e. The molecule has 0 aliphatic heterocycles. The van der Waals surface area contributed by atoms with Crippen LogP contribution in [0.15, 0.2) is 17.0 Å². The molecule has 0 aliphatic rings. The van der Waals surface area contributed by atoms with Crippen molar-refractivity contribution in [2.24, 2.45) is 0 Å². The minimum atomic E-state index is -5.08. The second kappa shape index (κ2) is 2.95. The van der Waals surface area contributed by atoms with Gasteiger partial charge in [0.05, 0.1) is 0 Å². The molecular weight excluding hydrogens is 202 g/mol. The van der Waals surface area contributed by atoms with Crippen molar-refractivity contribution in [3.8, 4) is 5.75 Å². The Morgan fingerprint density at radius 2 is 1.92 bits per heavy atom. The molecule has 0 spiro atoms. The Bertz CT molecular complexity index is 439. The zero-order chi connectivity index (χ0) is 10.2. The molecule has 13 heavy (non-hydrogen) atoms. The lowest BCUT2D eigenvalue weighted by Crippen LogP contribution is -1.97. The lowest BCUT2D eigenvalue weighted by Gasteiger charge is -2.03. The zero-order valence-corrected chi connectivity index (χ0v) is 7.40. The zero-order valence-electron chi connectivity index (χ0n) is 6.58. The summed E-state index contributed by atoms with van der Waals surface area (Å²) in [7, 11) is -5.08. The Labute approximate surface area is 73.8 Å². The number of hydrogen-bond donors (Lipinski definition) is 1. The fourth-order valence-electron chi connectivity index (χ4n) is 0.956. The maximum atomic E-state index is 12.6. The minimum absolute atomic E-state index is 0.0404. The number of hydrogen-bond acceptors (Lipinski definition) is 3. The highest BCUT2D eigenvalue weighted by molar-refractivity contribution is 7.86. The van der Waals surface area contributed by atoms with Crippen LogP contribution in [0, 0.1) is 12.7 Å². The van der Waals surface area contributed by atoms with Crippen LogP contribution < -0.4 is 0 Å². The molecule has 72 valence electrons. The summed E-state index contributed by atoms with van der Waals surface area (Å²) in [5.74, 6) is -2.34. The Kier molecular flexibility index (Phi) is 2.25. The molecule has 0 aliphatic carbocycles. The maximum absolute atomic E-state index is 12.6. The Balaban J connectivity index is 3.62. The lowest BCUT2D eigenvalue weighted by molar-refractivity contribution is 0.414. The first-order valence-electron chi connectivity index (χ1n) is 3.27. The van der Waals surface area contributed by atoms with Crippen LogP contribution in [0.25, 0.3) is 0 Å². The molecule has 0 radical (unpaired) electrons. The van der Waals surface area contributed by atoms with Crippen molar-refractivity contribution in [3.05, 3.63) is 23.5 Å². The second-order valence-corrected chi connectivity index (χ2v) is 3.76. The molecule has 1 rings (SSSR count). The van der Waals surface area contributed by atoms with Crippen LogP contribution in [-0.2, 0) is 10.2 Å². The van der Waals surface area contributed by atoms with Crippen LogP contribution in [0.2, 0.25) is 0 Å². The van der Waals surface area contributed by atoms with Crippen molar-refractivity contribution in [3.63, 3.8) is 0 Å². The van der Waals surface area contributed by atoms with E-state index in [1.165, 1.54) is 6.92 Å². The quantitative estimate of drug-likeness (QED) is 0.711. The van der Waals surface area contributed by atoms with E-state index >= 15 is 0 Å². The summed E-state index contributed by atoms with van der Waals surface area (Å²) < 4.78 is 45.9. The normalized spacial score (nSPS) is 11.6. The minimum Gasteiger partial charge on any atom is -0.504 e. The Morgan fingerprint density at radius 1 is 1.38 bits per heavy atom. The fourth-order valence-corrected chi connectivity index (χ4v) is 1.74. The molecule has 0 amide bonds. The molecule has 0 saturated carbocycles. The van der Waals surface area contributed by atoms with E-state index in [9.17, 15) is 16.7 Å². The summed E-state index contributed by atoms with van der Waals surface area (Å²) >= 11 is 0. The van der Waals surface area contributed by atoms with Crippen LogP contribution >= 0.6 is 0 Å².